The van der Waals surface area contributed by atoms with Gasteiger partial charge >= 0.3 is 0 Å². The Balaban J connectivity index is 1.34. The molecule has 6 rings (SSSR count). The van der Waals surface area contributed by atoms with Crippen molar-refractivity contribution < 1.29 is 9.47 Å². The monoisotopic (exact) mass is 559 g/mol. The highest BCUT2D eigenvalue weighted by atomic mass is 35.5. The van der Waals surface area contributed by atoms with E-state index in [1.807, 2.05) is 24.3 Å². The van der Waals surface area contributed by atoms with Crippen LogP contribution in [0.4, 0.5) is 23.3 Å². The van der Waals surface area contributed by atoms with Gasteiger partial charge < -0.3 is 30.3 Å². The fraction of sp³-hybridized carbons (Fsp3) is 0.286. The second kappa shape index (κ2) is 10.7. The fourth-order valence-electron chi connectivity index (χ4n) is 5.06. The Hall–Kier alpha value is -4.35. The molecule has 4 heterocycles. The molecular formula is C28H30ClN9O2. The molecule has 5 aromatic rings. The van der Waals surface area contributed by atoms with Gasteiger partial charge in [-0.1, -0.05) is 18.5 Å². The second-order valence-electron chi connectivity index (χ2n) is 9.53. The number of anilines is 4. The minimum atomic E-state index is 0.199. The molecule has 11 nitrogen and oxygen atoms in total. The predicted molar refractivity (Wildman–Crippen MR) is 158 cm³/mol. The molecule has 1 saturated heterocycles. The third kappa shape index (κ3) is 4.67. The van der Waals surface area contributed by atoms with Crippen molar-refractivity contribution in [1.82, 2.24) is 29.5 Å². The zero-order valence-corrected chi connectivity index (χ0v) is 23.3. The summed E-state index contributed by atoms with van der Waals surface area (Å²) >= 11 is 6.70. The first-order chi connectivity index (χ1) is 19.5. The Morgan fingerprint density at radius 3 is 2.42 bits per heavy atom. The van der Waals surface area contributed by atoms with Gasteiger partial charge in [0.1, 0.15) is 11.5 Å². The number of fused-ring (bicyclic) bond motifs is 3. The van der Waals surface area contributed by atoms with Crippen LogP contribution in [0.5, 0.6) is 11.5 Å². The summed E-state index contributed by atoms with van der Waals surface area (Å²) in [5.74, 6) is 1.70. The lowest BCUT2D eigenvalue weighted by atomic mass is 10.0. The van der Waals surface area contributed by atoms with E-state index < -0.39 is 0 Å². The number of pyridine rings is 1. The maximum absolute atomic E-state index is 6.70. The molecule has 12 heteroatoms. The SMILES string of the molecule is CCN1CCN(c2ccc(Nc3ncc4cc(-c5cc(OC)cc(OC)c5Cl)c5nnc(N)n5c4n3)cc2)CC1. The van der Waals surface area contributed by atoms with E-state index in [0.717, 1.165) is 43.8 Å². The number of methoxy groups -OCH3 is 2. The number of ether oxygens (including phenoxy) is 2. The number of benzene rings is 2. The van der Waals surface area contributed by atoms with Gasteiger partial charge in [0.25, 0.3) is 0 Å². The number of likely N-dealkylation sites (N-methyl/N-ethyl adjacent to an activating group) is 1. The summed E-state index contributed by atoms with van der Waals surface area (Å²) in [6.07, 6.45) is 1.74. The molecule has 2 aromatic carbocycles. The van der Waals surface area contributed by atoms with E-state index in [0.29, 0.717) is 44.9 Å². The average molecular weight is 560 g/mol. The first-order valence-corrected chi connectivity index (χ1v) is 13.4. The van der Waals surface area contributed by atoms with Crippen molar-refractivity contribution in [2.45, 2.75) is 6.92 Å². The zero-order chi connectivity index (χ0) is 27.8. The maximum Gasteiger partial charge on any atom is 0.229 e. The van der Waals surface area contributed by atoms with Crippen LogP contribution < -0.4 is 25.4 Å². The van der Waals surface area contributed by atoms with E-state index in [-0.39, 0.29) is 5.95 Å². The van der Waals surface area contributed by atoms with Crippen molar-refractivity contribution in [2.75, 3.05) is 62.9 Å². The Labute approximate surface area is 236 Å². The van der Waals surface area contributed by atoms with E-state index in [9.17, 15) is 0 Å². The van der Waals surface area contributed by atoms with Gasteiger partial charge in [-0.15, -0.1) is 10.2 Å². The van der Waals surface area contributed by atoms with Gasteiger partial charge in [0.2, 0.25) is 11.9 Å². The van der Waals surface area contributed by atoms with Crippen LogP contribution in [0.1, 0.15) is 6.92 Å². The smallest absolute Gasteiger partial charge is 0.229 e. The molecule has 1 aliphatic rings. The number of hydrogen-bond donors (Lipinski definition) is 2. The van der Waals surface area contributed by atoms with Gasteiger partial charge in [-0.05, 0) is 42.9 Å². The van der Waals surface area contributed by atoms with Gasteiger partial charge in [0, 0.05) is 66.3 Å². The number of hydrogen-bond acceptors (Lipinski definition) is 10. The van der Waals surface area contributed by atoms with Gasteiger partial charge in [-0.3, -0.25) is 0 Å². The highest BCUT2D eigenvalue weighted by molar-refractivity contribution is 6.35. The third-order valence-corrected chi connectivity index (χ3v) is 7.69. The molecule has 0 spiro atoms. The molecule has 0 radical (unpaired) electrons. The van der Waals surface area contributed by atoms with Crippen molar-refractivity contribution in [3.8, 4) is 22.6 Å². The number of nitrogens with two attached hydrogens (primary N) is 1. The molecule has 1 fully saturated rings. The zero-order valence-electron chi connectivity index (χ0n) is 22.6. The lowest BCUT2D eigenvalue weighted by Crippen LogP contribution is -2.46. The Kier molecular flexibility index (Phi) is 6.91. The first-order valence-electron chi connectivity index (χ1n) is 13.1. The molecule has 40 heavy (non-hydrogen) atoms. The van der Waals surface area contributed by atoms with Crippen molar-refractivity contribution in [3.63, 3.8) is 0 Å². The van der Waals surface area contributed by atoms with Gasteiger partial charge in [0.15, 0.2) is 11.3 Å². The molecule has 0 atom stereocenters. The van der Waals surface area contributed by atoms with Crippen LogP contribution in [-0.4, -0.2) is 76.4 Å². The molecule has 0 bridgehead atoms. The third-order valence-electron chi connectivity index (χ3n) is 7.30. The molecule has 3 aromatic heterocycles. The van der Waals surface area contributed by atoms with Crippen LogP contribution in [0.2, 0.25) is 5.02 Å². The lowest BCUT2D eigenvalue weighted by molar-refractivity contribution is 0.271. The molecule has 3 N–H and O–H groups in total. The minimum absolute atomic E-state index is 0.199. The van der Waals surface area contributed by atoms with Crippen molar-refractivity contribution in [2.24, 2.45) is 0 Å². The number of piperazine rings is 1. The number of aromatic nitrogens is 5. The second-order valence-corrected chi connectivity index (χ2v) is 9.91. The number of nitrogens with zero attached hydrogens (tertiary/aromatic N) is 7. The van der Waals surface area contributed by atoms with Gasteiger partial charge in [-0.25, -0.2) is 9.38 Å². The lowest BCUT2D eigenvalue weighted by Gasteiger charge is -2.35. The molecule has 206 valence electrons. The predicted octanol–water partition coefficient (Wildman–Crippen LogP) is 4.48. The summed E-state index contributed by atoms with van der Waals surface area (Å²) in [7, 11) is 3.14. The van der Waals surface area contributed by atoms with Gasteiger partial charge in [-0.2, -0.15) is 4.98 Å². The molecular weight excluding hydrogens is 530 g/mol. The van der Waals surface area contributed by atoms with E-state index >= 15 is 0 Å². The minimum Gasteiger partial charge on any atom is -0.497 e. The van der Waals surface area contributed by atoms with Gasteiger partial charge in [0.05, 0.1) is 19.2 Å². The number of rotatable bonds is 7. The number of nitrogens with one attached hydrogen (secondary N) is 1. The number of nitrogen functional groups attached to an aromatic ring is 1. The number of halogens is 1. The van der Waals surface area contributed by atoms with Crippen molar-refractivity contribution in [1.29, 1.82) is 0 Å². The summed E-state index contributed by atoms with van der Waals surface area (Å²) in [5.41, 5.74) is 10.8. The highest BCUT2D eigenvalue weighted by Gasteiger charge is 2.20. The molecule has 1 aliphatic heterocycles. The standard InChI is InChI=1S/C28H30ClN9O2/c1-4-36-9-11-37(12-10-36)19-7-5-18(6-8-19)32-28-31-16-17-13-22(26-34-35-27(30)38(26)25(17)33-28)21-14-20(39-2)15-23(40-3)24(21)29/h5-8,13-16H,4,9-12H2,1-3H3,(H2,30,35)(H,31,32,33). The topological polar surface area (TPSA) is 119 Å². The first kappa shape index (κ1) is 25.9. The average Bonchev–Trinajstić information content (AvgIpc) is 3.39. The summed E-state index contributed by atoms with van der Waals surface area (Å²) in [5, 5.41) is 12.9. The van der Waals surface area contributed by atoms with E-state index in [1.165, 1.54) is 5.69 Å². The Bertz CT molecular complexity index is 1680. The largest absolute Gasteiger partial charge is 0.497 e. The summed E-state index contributed by atoms with van der Waals surface area (Å²) in [6.45, 7) is 7.53. The fourth-order valence-corrected chi connectivity index (χ4v) is 5.35. The highest BCUT2D eigenvalue weighted by Crippen LogP contribution is 2.41. The summed E-state index contributed by atoms with van der Waals surface area (Å²) in [6, 6.07) is 13.8. The molecule has 0 amide bonds. The molecule has 0 unspecified atom stereocenters. The quantitative estimate of drug-likeness (QED) is 0.295. The Morgan fingerprint density at radius 1 is 0.950 bits per heavy atom. The van der Waals surface area contributed by atoms with Crippen LogP contribution in [0, 0.1) is 0 Å². The van der Waals surface area contributed by atoms with Crippen LogP contribution >= 0.6 is 11.6 Å². The van der Waals surface area contributed by atoms with E-state index in [1.54, 1.807) is 30.9 Å². The van der Waals surface area contributed by atoms with Crippen molar-refractivity contribution in [3.05, 3.63) is 53.7 Å². The van der Waals surface area contributed by atoms with Crippen LogP contribution in [-0.2, 0) is 0 Å². The molecule has 0 saturated carbocycles. The van der Waals surface area contributed by atoms with Crippen LogP contribution in [0.15, 0.2) is 48.7 Å². The normalized spacial score (nSPS) is 14.2. The molecule has 0 aliphatic carbocycles. The Morgan fingerprint density at radius 2 is 1.73 bits per heavy atom. The summed E-state index contributed by atoms with van der Waals surface area (Å²) in [4.78, 5) is 14.2. The van der Waals surface area contributed by atoms with E-state index in [4.69, 9.17) is 31.8 Å². The van der Waals surface area contributed by atoms with E-state index in [2.05, 4.69) is 49.4 Å². The van der Waals surface area contributed by atoms with Crippen LogP contribution in [0.3, 0.4) is 0 Å². The maximum atomic E-state index is 6.70. The summed E-state index contributed by atoms with van der Waals surface area (Å²) < 4.78 is 12.6. The van der Waals surface area contributed by atoms with Crippen molar-refractivity contribution >= 4 is 51.6 Å². The van der Waals surface area contributed by atoms with Crippen LogP contribution in [0.25, 0.3) is 27.8 Å².